The third-order valence-electron chi connectivity index (χ3n) is 0.998. The summed E-state index contributed by atoms with van der Waals surface area (Å²) in [5.41, 5.74) is 0. The van der Waals surface area contributed by atoms with Gasteiger partial charge in [-0.05, 0) is 6.92 Å². The first kappa shape index (κ1) is 17.7. The van der Waals surface area contributed by atoms with Crippen LogP contribution in [0.5, 0.6) is 0 Å². The van der Waals surface area contributed by atoms with Crippen LogP contribution in [0, 0.1) is 0 Å². The summed E-state index contributed by atoms with van der Waals surface area (Å²) in [5.74, 6) is 0.255. The number of rotatable bonds is 2. The summed E-state index contributed by atoms with van der Waals surface area (Å²) >= 11 is 0. The van der Waals surface area contributed by atoms with Gasteiger partial charge in [-0.15, -0.1) is 0 Å². The van der Waals surface area contributed by atoms with Crippen molar-refractivity contribution < 1.29 is 4.79 Å². The second kappa shape index (κ2) is 22.4. The minimum Gasteiger partial charge on any atom is -0.300 e. The molecule has 0 bridgehead atoms. The molecule has 0 N–H and O–H groups in total. The fourth-order valence-electron chi connectivity index (χ4n) is 0. The van der Waals surface area contributed by atoms with Crippen molar-refractivity contribution in [3.05, 3.63) is 0 Å². The lowest BCUT2D eigenvalue weighted by molar-refractivity contribution is -0.116. The maximum Gasteiger partial charge on any atom is 0.129 e. The number of Topliss-reactive ketones (excluding diaryl/α,β-unsaturated/α-hetero) is 1. The van der Waals surface area contributed by atoms with Crippen LogP contribution in [0.25, 0.3) is 0 Å². The summed E-state index contributed by atoms with van der Waals surface area (Å²) in [7, 11) is 0. The Morgan fingerprint density at radius 1 is 0.917 bits per heavy atom. The maximum absolute atomic E-state index is 9.81. The highest BCUT2D eigenvalue weighted by Crippen LogP contribution is 1.76. The van der Waals surface area contributed by atoms with Gasteiger partial charge in [-0.1, -0.05) is 53.9 Å². The van der Waals surface area contributed by atoms with Crippen LogP contribution in [0.4, 0.5) is 0 Å². The van der Waals surface area contributed by atoms with Crippen LogP contribution in [0.3, 0.4) is 0 Å². The molecule has 0 aliphatic heterocycles. The molecule has 0 fully saturated rings. The smallest absolute Gasteiger partial charge is 0.129 e. The second-order valence-corrected chi connectivity index (χ2v) is 2.76. The molecule has 0 saturated heterocycles. The molecular weight excluding hydrogens is 148 g/mol. The van der Waals surface area contributed by atoms with Crippen molar-refractivity contribution in [3.63, 3.8) is 0 Å². The molecular formula is C11H26O. The fraction of sp³-hybridized carbons (Fsp3) is 0.909. The molecule has 76 valence electrons. The summed E-state index contributed by atoms with van der Waals surface area (Å²) in [6.45, 7) is 12.0. The highest BCUT2D eigenvalue weighted by molar-refractivity contribution is 5.74. The van der Waals surface area contributed by atoms with Gasteiger partial charge < -0.3 is 4.79 Å². The molecule has 0 heterocycles. The largest absolute Gasteiger partial charge is 0.300 e. The topological polar surface area (TPSA) is 17.1 Å². The van der Waals surface area contributed by atoms with Gasteiger partial charge in [0.2, 0.25) is 0 Å². The van der Waals surface area contributed by atoms with Crippen molar-refractivity contribution >= 4 is 5.78 Å². The standard InChI is InChI=1S/C4H8O.C4H10.C3H8/c1-3-4(2)5;1-3-4-2;1-3-2/h3H2,1-2H3;3-4H2,1-2H3;3H2,1-2H3. The Kier molecular flexibility index (Phi) is 33.0. The molecule has 0 saturated carbocycles. The van der Waals surface area contributed by atoms with E-state index < -0.39 is 0 Å². The summed E-state index contributed by atoms with van der Waals surface area (Å²) in [6.07, 6.45) is 4.56. The van der Waals surface area contributed by atoms with E-state index in [9.17, 15) is 4.79 Å². The molecule has 12 heavy (non-hydrogen) atoms. The van der Waals surface area contributed by atoms with E-state index in [1.807, 2.05) is 6.92 Å². The first-order chi connectivity index (χ1) is 5.60. The monoisotopic (exact) mass is 174 g/mol. The van der Waals surface area contributed by atoms with Gasteiger partial charge in [-0.2, -0.15) is 0 Å². The van der Waals surface area contributed by atoms with E-state index in [2.05, 4.69) is 27.7 Å². The van der Waals surface area contributed by atoms with Gasteiger partial charge in [-0.25, -0.2) is 0 Å². The molecule has 0 aliphatic carbocycles. The molecule has 0 atom stereocenters. The van der Waals surface area contributed by atoms with Crippen LogP contribution in [0.1, 0.15) is 67.2 Å². The third kappa shape index (κ3) is 102. The Hall–Kier alpha value is -0.330. The molecule has 0 amide bonds. The van der Waals surface area contributed by atoms with Crippen LogP contribution in [-0.2, 0) is 4.79 Å². The van der Waals surface area contributed by atoms with Crippen molar-refractivity contribution in [2.24, 2.45) is 0 Å². The number of carbonyl (C=O) groups is 1. The van der Waals surface area contributed by atoms with E-state index in [-0.39, 0.29) is 5.78 Å². The lowest BCUT2D eigenvalue weighted by Gasteiger charge is -1.71. The van der Waals surface area contributed by atoms with E-state index in [0.717, 1.165) is 0 Å². The lowest BCUT2D eigenvalue weighted by Crippen LogP contribution is -1.80. The molecule has 0 aliphatic rings. The van der Waals surface area contributed by atoms with Gasteiger partial charge in [0, 0.05) is 6.42 Å². The summed E-state index contributed by atoms with van der Waals surface area (Å²) in [5, 5.41) is 0. The van der Waals surface area contributed by atoms with Gasteiger partial charge in [0.15, 0.2) is 0 Å². The quantitative estimate of drug-likeness (QED) is 0.613. The van der Waals surface area contributed by atoms with Crippen molar-refractivity contribution in [3.8, 4) is 0 Å². The molecule has 1 heteroatoms. The van der Waals surface area contributed by atoms with E-state index >= 15 is 0 Å². The van der Waals surface area contributed by atoms with E-state index in [4.69, 9.17) is 0 Å². The van der Waals surface area contributed by atoms with Crippen LogP contribution in [0.2, 0.25) is 0 Å². The SMILES string of the molecule is CCC.CCC(C)=O.CCCC. The number of hydrogen-bond acceptors (Lipinski definition) is 1. The Balaban J connectivity index is -0.000000105. The summed E-state index contributed by atoms with van der Waals surface area (Å²) < 4.78 is 0. The Bertz CT molecular complexity index is 65.4. The second-order valence-electron chi connectivity index (χ2n) is 2.76. The van der Waals surface area contributed by atoms with Gasteiger partial charge >= 0.3 is 0 Å². The molecule has 1 nitrogen and oxygen atoms in total. The van der Waals surface area contributed by atoms with Gasteiger partial charge in [0.25, 0.3) is 0 Å². The number of unbranched alkanes of at least 4 members (excludes halogenated alkanes) is 1. The molecule has 0 spiro atoms. The minimum atomic E-state index is 0.255. The molecule has 0 aromatic rings. The Morgan fingerprint density at radius 2 is 1.08 bits per heavy atom. The zero-order valence-corrected chi connectivity index (χ0v) is 9.74. The molecule has 0 aromatic heterocycles. The van der Waals surface area contributed by atoms with Crippen LogP contribution >= 0.6 is 0 Å². The van der Waals surface area contributed by atoms with Gasteiger partial charge in [0.1, 0.15) is 5.78 Å². The van der Waals surface area contributed by atoms with Gasteiger partial charge in [0.05, 0.1) is 0 Å². The molecule has 0 aromatic carbocycles. The normalized spacial score (nSPS) is 7.17. The van der Waals surface area contributed by atoms with Crippen LogP contribution in [0.15, 0.2) is 0 Å². The van der Waals surface area contributed by atoms with E-state index in [1.54, 1.807) is 6.92 Å². The average molecular weight is 174 g/mol. The highest BCUT2D eigenvalue weighted by atomic mass is 16.1. The maximum atomic E-state index is 9.81. The van der Waals surface area contributed by atoms with E-state index in [0.29, 0.717) is 6.42 Å². The predicted molar refractivity (Wildman–Crippen MR) is 57.5 cm³/mol. The minimum absolute atomic E-state index is 0.255. The van der Waals surface area contributed by atoms with Crippen LogP contribution in [-0.4, -0.2) is 5.78 Å². The predicted octanol–water partition coefficient (Wildman–Crippen LogP) is 4.21. The summed E-state index contributed by atoms with van der Waals surface area (Å²) in [4.78, 5) is 9.81. The first-order valence-electron chi connectivity index (χ1n) is 5.09. The molecule has 0 rings (SSSR count). The first-order valence-corrected chi connectivity index (χ1v) is 5.09. The molecule has 0 radical (unpaired) electrons. The highest BCUT2D eigenvalue weighted by Gasteiger charge is 1.76. The number of hydrogen-bond donors (Lipinski definition) is 0. The lowest BCUT2D eigenvalue weighted by atomic mass is 10.4. The third-order valence-corrected chi connectivity index (χ3v) is 0.998. The van der Waals surface area contributed by atoms with Gasteiger partial charge in [-0.3, -0.25) is 0 Å². The van der Waals surface area contributed by atoms with Crippen molar-refractivity contribution in [1.82, 2.24) is 0 Å². The number of ketones is 1. The molecule has 0 unspecified atom stereocenters. The van der Waals surface area contributed by atoms with Crippen molar-refractivity contribution in [1.29, 1.82) is 0 Å². The fourth-order valence-corrected chi connectivity index (χ4v) is 0. The average Bonchev–Trinajstić information content (AvgIpc) is 2.06. The van der Waals surface area contributed by atoms with Crippen molar-refractivity contribution in [2.75, 3.05) is 0 Å². The van der Waals surface area contributed by atoms with E-state index in [1.165, 1.54) is 19.3 Å². The Morgan fingerprint density at radius 3 is 1.08 bits per heavy atom. The van der Waals surface area contributed by atoms with Crippen LogP contribution < -0.4 is 0 Å². The summed E-state index contributed by atoms with van der Waals surface area (Å²) in [6, 6.07) is 0. The van der Waals surface area contributed by atoms with Crippen molar-refractivity contribution in [2.45, 2.75) is 67.2 Å². The number of carbonyl (C=O) groups excluding carboxylic acids is 1. The Labute approximate surface area is 78.6 Å². The zero-order chi connectivity index (χ0) is 10.4. The zero-order valence-electron chi connectivity index (χ0n) is 9.74.